The quantitative estimate of drug-likeness (QED) is 0.262. The molecule has 0 heterocycles. The van der Waals surface area contributed by atoms with Crippen LogP contribution in [0.4, 0.5) is 0 Å². The van der Waals surface area contributed by atoms with Crippen LogP contribution in [0.15, 0.2) is 5.16 Å². The second-order valence-electron chi connectivity index (χ2n) is 5.99. The van der Waals surface area contributed by atoms with E-state index in [1.54, 1.807) is 7.11 Å². The third-order valence-electron chi connectivity index (χ3n) is 4.66. The molecule has 1 rings (SSSR count). The number of amides is 1. The lowest BCUT2D eigenvalue weighted by molar-refractivity contribution is -0.132. The van der Waals surface area contributed by atoms with Crippen LogP contribution in [0.1, 0.15) is 58.8 Å². The number of amidine groups is 1. The van der Waals surface area contributed by atoms with Crippen LogP contribution in [0.5, 0.6) is 0 Å². The summed E-state index contributed by atoms with van der Waals surface area (Å²) in [6, 6.07) is 0. The monoisotopic (exact) mass is 299 g/mol. The molecule has 21 heavy (non-hydrogen) atoms. The van der Waals surface area contributed by atoms with Crippen molar-refractivity contribution < 1.29 is 14.7 Å². The molecule has 0 saturated heterocycles. The first-order chi connectivity index (χ1) is 10.00. The number of rotatable bonds is 9. The Bertz CT molecular complexity index is 367. The van der Waals surface area contributed by atoms with Crippen molar-refractivity contribution in [1.82, 2.24) is 5.32 Å². The van der Waals surface area contributed by atoms with Crippen molar-refractivity contribution >= 4 is 11.7 Å². The summed E-state index contributed by atoms with van der Waals surface area (Å²) in [7, 11) is 1.68. The number of nitrogens with one attached hydrogen (secondary N) is 1. The van der Waals surface area contributed by atoms with E-state index in [2.05, 4.69) is 10.5 Å². The first kappa shape index (κ1) is 17.8. The molecule has 0 aromatic carbocycles. The van der Waals surface area contributed by atoms with Gasteiger partial charge in [-0.25, -0.2) is 0 Å². The molecule has 0 atom stereocenters. The third-order valence-corrected chi connectivity index (χ3v) is 4.66. The van der Waals surface area contributed by atoms with Crippen molar-refractivity contribution in [3.8, 4) is 0 Å². The summed E-state index contributed by atoms with van der Waals surface area (Å²) in [6.07, 6.45) is 5.77. The zero-order valence-electron chi connectivity index (χ0n) is 13.4. The molecule has 0 aromatic rings. The van der Waals surface area contributed by atoms with Crippen LogP contribution in [0.25, 0.3) is 0 Å². The van der Waals surface area contributed by atoms with E-state index in [9.17, 15) is 4.79 Å². The maximum Gasteiger partial charge on any atom is 0.234 e. The summed E-state index contributed by atoms with van der Waals surface area (Å²) in [6.45, 7) is 4.46. The first-order valence-corrected chi connectivity index (χ1v) is 7.81. The molecule has 1 fully saturated rings. The van der Waals surface area contributed by atoms with Gasteiger partial charge in [-0.05, 0) is 32.1 Å². The molecule has 1 aliphatic rings. The molecule has 1 saturated carbocycles. The van der Waals surface area contributed by atoms with Crippen molar-refractivity contribution in [3.63, 3.8) is 0 Å². The Labute approximate surface area is 127 Å². The number of nitrogens with two attached hydrogens (primary N) is 1. The molecule has 6 nitrogen and oxygen atoms in total. The Hall–Kier alpha value is -1.30. The Morgan fingerprint density at radius 1 is 1.38 bits per heavy atom. The molecule has 0 spiro atoms. The number of carbonyl (C=O) groups is 1. The van der Waals surface area contributed by atoms with Crippen molar-refractivity contribution in [2.75, 3.05) is 13.7 Å². The van der Waals surface area contributed by atoms with Gasteiger partial charge in [0.1, 0.15) is 5.41 Å². The summed E-state index contributed by atoms with van der Waals surface area (Å²) in [5, 5.41) is 15.1. The van der Waals surface area contributed by atoms with E-state index in [0.29, 0.717) is 19.4 Å². The average molecular weight is 299 g/mol. The molecule has 6 heteroatoms. The van der Waals surface area contributed by atoms with Gasteiger partial charge in [0.05, 0.1) is 5.60 Å². The van der Waals surface area contributed by atoms with Gasteiger partial charge in [0.15, 0.2) is 5.84 Å². The van der Waals surface area contributed by atoms with Crippen LogP contribution < -0.4 is 11.1 Å². The molecule has 122 valence electrons. The highest BCUT2D eigenvalue weighted by Crippen LogP contribution is 2.35. The van der Waals surface area contributed by atoms with Gasteiger partial charge in [-0.3, -0.25) is 4.79 Å². The highest BCUT2D eigenvalue weighted by Gasteiger charge is 2.43. The van der Waals surface area contributed by atoms with Gasteiger partial charge in [-0.15, -0.1) is 0 Å². The Morgan fingerprint density at radius 3 is 2.29 bits per heavy atom. The second-order valence-corrected chi connectivity index (χ2v) is 5.99. The normalized spacial score (nSPS) is 18.1. The first-order valence-electron chi connectivity index (χ1n) is 7.81. The number of methoxy groups -OCH3 is 1. The van der Waals surface area contributed by atoms with Gasteiger partial charge in [0, 0.05) is 13.7 Å². The van der Waals surface area contributed by atoms with E-state index in [1.807, 2.05) is 13.8 Å². The minimum absolute atomic E-state index is 0.00350. The highest BCUT2D eigenvalue weighted by atomic mass is 16.5. The average Bonchev–Trinajstić information content (AvgIpc) is 2.45. The number of hydrogen-bond donors (Lipinski definition) is 3. The standard InChI is InChI=1S/C15H29N3O3/c1-4-7-15(8-5-2,12(16)18-20)13(19)17-11-14(21-3)9-6-10-14/h20H,4-11H2,1-3H3,(H2,16,18)(H,17,19). The topological polar surface area (TPSA) is 96.9 Å². The van der Waals surface area contributed by atoms with E-state index in [-0.39, 0.29) is 17.3 Å². The molecule has 1 aliphatic carbocycles. The highest BCUT2D eigenvalue weighted by molar-refractivity contribution is 6.06. The third kappa shape index (κ3) is 3.67. The van der Waals surface area contributed by atoms with Gasteiger partial charge in [0.2, 0.25) is 5.91 Å². The summed E-state index contributed by atoms with van der Waals surface area (Å²) in [5.41, 5.74) is 4.70. The zero-order valence-corrected chi connectivity index (χ0v) is 13.4. The Balaban J connectivity index is 2.83. The Morgan fingerprint density at radius 2 is 1.95 bits per heavy atom. The fraction of sp³-hybridized carbons (Fsp3) is 0.867. The smallest absolute Gasteiger partial charge is 0.234 e. The summed E-state index contributed by atoms with van der Waals surface area (Å²) in [5.74, 6) is -0.159. The van der Waals surface area contributed by atoms with Crippen molar-refractivity contribution in [3.05, 3.63) is 0 Å². The molecule has 4 N–H and O–H groups in total. The molecular formula is C15H29N3O3. The molecule has 0 unspecified atom stereocenters. The second kappa shape index (κ2) is 7.64. The number of carbonyl (C=O) groups excluding carboxylic acids is 1. The maximum atomic E-state index is 12.7. The number of nitrogens with zero attached hydrogens (tertiary/aromatic N) is 1. The number of ether oxygens (including phenoxy) is 1. The van der Waals surface area contributed by atoms with Crippen molar-refractivity contribution in [1.29, 1.82) is 0 Å². The van der Waals surface area contributed by atoms with Gasteiger partial charge in [-0.2, -0.15) is 0 Å². The van der Waals surface area contributed by atoms with Crippen molar-refractivity contribution in [2.24, 2.45) is 16.3 Å². The van der Waals surface area contributed by atoms with Crippen LogP contribution in [-0.4, -0.2) is 36.2 Å². The predicted molar refractivity (Wildman–Crippen MR) is 82.3 cm³/mol. The largest absolute Gasteiger partial charge is 0.409 e. The van der Waals surface area contributed by atoms with Crippen LogP contribution >= 0.6 is 0 Å². The van der Waals surface area contributed by atoms with Gasteiger partial charge in [0.25, 0.3) is 0 Å². The van der Waals surface area contributed by atoms with E-state index in [4.69, 9.17) is 15.7 Å². The Kier molecular flexibility index (Phi) is 6.45. The van der Waals surface area contributed by atoms with E-state index >= 15 is 0 Å². The van der Waals surface area contributed by atoms with E-state index in [1.165, 1.54) is 0 Å². The van der Waals surface area contributed by atoms with Crippen LogP contribution in [0, 0.1) is 5.41 Å². The molecule has 0 bridgehead atoms. The van der Waals surface area contributed by atoms with Gasteiger partial charge >= 0.3 is 0 Å². The molecular weight excluding hydrogens is 270 g/mol. The summed E-state index contributed by atoms with van der Waals surface area (Å²) >= 11 is 0. The molecule has 0 aromatic heterocycles. The van der Waals surface area contributed by atoms with Gasteiger partial charge < -0.3 is 21.0 Å². The fourth-order valence-electron chi connectivity index (χ4n) is 3.11. The molecule has 0 aliphatic heterocycles. The SMILES string of the molecule is CCCC(CCC)(C(=O)NCC1(OC)CCC1)C(N)=NO. The zero-order chi connectivity index (χ0) is 15.9. The van der Waals surface area contributed by atoms with Crippen LogP contribution in [0.2, 0.25) is 0 Å². The summed E-state index contributed by atoms with van der Waals surface area (Å²) < 4.78 is 5.52. The van der Waals surface area contributed by atoms with Crippen LogP contribution in [0.3, 0.4) is 0 Å². The molecule has 0 radical (unpaired) electrons. The minimum atomic E-state index is -0.920. The summed E-state index contributed by atoms with van der Waals surface area (Å²) in [4.78, 5) is 12.7. The van der Waals surface area contributed by atoms with E-state index < -0.39 is 5.41 Å². The van der Waals surface area contributed by atoms with Crippen LogP contribution in [-0.2, 0) is 9.53 Å². The predicted octanol–water partition coefficient (Wildman–Crippen LogP) is 2.00. The van der Waals surface area contributed by atoms with Gasteiger partial charge in [-0.1, -0.05) is 31.8 Å². The number of oxime groups is 1. The van der Waals surface area contributed by atoms with Crippen molar-refractivity contribution in [2.45, 2.75) is 64.4 Å². The van der Waals surface area contributed by atoms with E-state index in [0.717, 1.165) is 32.1 Å². The molecule has 1 amide bonds. The lowest BCUT2D eigenvalue weighted by atomic mass is 9.76. The lowest BCUT2D eigenvalue weighted by Crippen LogP contribution is -2.55. The lowest BCUT2D eigenvalue weighted by Gasteiger charge is -2.41. The fourth-order valence-corrected chi connectivity index (χ4v) is 3.11. The number of hydrogen-bond acceptors (Lipinski definition) is 4. The minimum Gasteiger partial charge on any atom is -0.409 e. The maximum absolute atomic E-state index is 12.7.